The summed E-state index contributed by atoms with van der Waals surface area (Å²) in [5.41, 5.74) is 0.276. The maximum Gasteiger partial charge on any atom is 0.433 e. The van der Waals surface area contributed by atoms with Gasteiger partial charge in [-0.05, 0) is 12.1 Å². The predicted molar refractivity (Wildman–Crippen MR) is 58.6 cm³/mol. The van der Waals surface area contributed by atoms with Crippen LogP contribution < -0.4 is 5.32 Å². The van der Waals surface area contributed by atoms with Gasteiger partial charge in [0.15, 0.2) is 0 Å². The Bertz CT molecular complexity index is 496. The number of alkyl halides is 3. The topological polar surface area (TPSA) is 50.7 Å². The Hall–Kier alpha value is -2.18. The second-order valence-corrected chi connectivity index (χ2v) is 3.48. The van der Waals surface area contributed by atoms with Crippen molar-refractivity contribution in [3.05, 3.63) is 48.3 Å². The molecule has 0 fully saturated rings. The largest absolute Gasteiger partial charge is 0.433 e. The van der Waals surface area contributed by atoms with E-state index in [4.69, 9.17) is 0 Å². The van der Waals surface area contributed by atoms with Crippen LogP contribution in [0.1, 0.15) is 11.4 Å². The molecular formula is C11H9F3N4. The first-order chi connectivity index (χ1) is 8.55. The van der Waals surface area contributed by atoms with Crippen molar-refractivity contribution in [3.8, 4) is 0 Å². The lowest BCUT2D eigenvalue weighted by molar-refractivity contribution is -0.141. The van der Waals surface area contributed by atoms with Crippen LogP contribution in [0.2, 0.25) is 0 Å². The third-order valence-electron chi connectivity index (χ3n) is 2.14. The number of anilines is 1. The molecule has 2 heterocycles. The molecule has 0 aliphatic carbocycles. The molecule has 94 valence electrons. The van der Waals surface area contributed by atoms with Crippen LogP contribution >= 0.6 is 0 Å². The minimum Gasteiger partial charge on any atom is -0.378 e. The van der Waals surface area contributed by atoms with Crippen LogP contribution in [-0.4, -0.2) is 15.0 Å². The standard InChI is InChI=1S/C11H9F3N4/c12-11(13,14)10-2-1-8(6-18-10)17-7-9-5-15-3-4-16-9/h1-6,17H,7H2. The number of hydrogen-bond acceptors (Lipinski definition) is 4. The fraction of sp³-hybridized carbons (Fsp3) is 0.182. The molecule has 0 amide bonds. The average molecular weight is 254 g/mol. The number of aromatic nitrogens is 3. The maximum atomic E-state index is 12.3. The molecule has 0 saturated carbocycles. The van der Waals surface area contributed by atoms with Crippen LogP contribution in [0.4, 0.5) is 18.9 Å². The second kappa shape index (κ2) is 4.99. The van der Waals surface area contributed by atoms with Crippen molar-refractivity contribution >= 4 is 5.69 Å². The average Bonchev–Trinajstić information content (AvgIpc) is 2.37. The molecule has 2 rings (SSSR count). The molecule has 0 unspecified atom stereocenters. The van der Waals surface area contributed by atoms with E-state index in [0.717, 1.165) is 12.3 Å². The Morgan fingerprint density at radius 3 is 2.44 bits per heavy atom. The van der Waals surface area contributed by atoms with Gasteiger partial charge in [0.2, 0.25) is 0 Å². The highest BCUT2D eigenvalue weighted by Crippen LogP contribution is 2.27. The normalized spacial score (nSPS) is 11.3. The summed E-state index contributed by atoms with van der Waals surface area (Å²) in [6.45, 7) is 0.376. The fourth-order valence-corrected chi connectivity index (χ4v) is 1.28. The van der Waals surface area contributed by atoms with E-state index in [1.807, 2.05) is 0 Å². The fourth-order valence-electron chi connectivity index (χ4n) is 1.28. The van der Waals surface area contributed by atoms with Crippen LogP contribution in [-0.2, 0) is 12.7 Å². The lowest BCUT2D eigenvalue weighted by atomic mass is 10.3. The Morgan fingerprint density at radius 2 is 1.89 bits per heavy atom. The molecule has 0 bridgehead atoms. The van der Waals surface area contributed by atoms with Gasteiger partial charge in [-0.25, -0.2) is 4.98 Å². The minimum absolute atomic E-state index is 0.376. The molecule has 0 aliphatic heterocycles. The summed E-state index contributed by atoms with van der Waals surface area (Å²) in [7, 11) is 0. The molecule has 0 saturated heterocycles. The molecule has 0 aliphatic rings. The Morgan fingerprint density at radius 1 is 1.06 bits per heavy atom. The van der Waals surface area contributed by atoms with Gasteiger partial charge in [-0.3, -0.25) is 9.97 Å². The van der Waals surface area contributed by atoms with Crippen molar-refractivity contribution < 1.29 is 13.2 Å². The lowest BCUT2D eigenvalue weighted by Crippen LogP contribution is -2.08. The number of nitrogens with one attached hydrogen (secondary N) is 1. The summed E-state index contributed by atoms with van der Waals surface area (Å²) >= 11 is 0. The first-order valence-electron chi connectivity index (χ1n) is 5.08. The Balaban J connectivity index is 1.99. The monoisotopic (exact) mass is 254 g/mol. The van der Waals surface area contributed by atoms with Gasteiger partial charge < -0.3 is 5.32 Å². The van der Waals surface area contributed by atoms with Crippen molar-refractivity contribution in [3.63, 3.8) is 0 Å². The van der Waals surface area contributed by atoms with Crippen LogP contribution in [0.15, 0.2) is 36.9 Å². The van der Waals surface area contributed by atoms with E-state index in [1.54, 1.807) is 18.6 Å². The molecule has 1 N–H and O–H groups in total. The smallest absolute Gasteiger partial charge is 0.378 e. The lowest BCUT2D eigenvalue weighted by Gasteiger charge is -2.08. The van der Waals surface area contributed by atoms with Crippen molar-refractivity contribution in [1.29, 1.82) is 0 Å². The van der Waals surface area contributed by atoms with E-state index in [0.29, 0.717) is 17.9 Å². The summed E-state index contributed by atoms with van der Waals surface area (Å²) in [5, 5.41) is 2.91. The van der Waals surface area contributed by atoms with E-state index < -0.39 is 11.9 Å². The van der Waals surface area contributed by atoms with E-state index in [2.05, 4.69) is 20.3 Å². The van der Waals surface area contributed by atoms with Crippen molar-refractivity contribution in [2.75, 3.05) is 5.32 Å². The van der Waals surface area contributed by atoms with Gasteiger partial charge in [0.05, 0.1) is 30.3 Å². The third kappa shape index (κ3) is 3.16. The first-order valence-corrected chi connectivity index (χ1v) is 5.08. The van der Waals surface area contributed by atoms with Crippen LogP contribution in [0.3, 0.4) is 0 Å². The van der Waals surface area contributed by atoms with Gasteiger partial charge in [-0.2, -0.15) is 13.2 Å². The van der Waals surface area contributed by atoms with Gasteiger partial charge in [0.1, 0.15) is 5.69 Å². The zero-order chi connectivity index (χ0) is 13.0. The van der Waals surface area contributed by atoms with Gasteiger partial charge in [-0.1, -0.05) is 0 Å². The maximum absolute atomic E-state index is 12.3. The molecule has 2 aromatic heterocycles. The number of hydrogen-bond donors (Lipinski definition) is 1. The Labute approximate surface area is 101 Å². The molecule has 4 nitrogen and oxygen atoms in total. The zero-order valence-electron chi connectivity index (χ0n) is 9.15. The van der Waals surface area contributed by atoms with Gasteiger partial charge >= 0.3 is 6.18 Å². The van der Waals surface area contributed by atoms with E-state index in [-0.39, 0.29) is 0 Å². The van der Waals surface area contributed by atoms with Crippen LogP contribution in [0.25, 0.3) is 0 Å². The SMILES string of the molecule is FC(F)(F)c1ccc(NCc2cnccn2)cn1. The molecule has 0 atom stereocenters. The van der Waals surface area contributed by atoms with E-state index in [9.17, 15) is 13.2 Å². The predicted octanol–water partition coefficient (Wildman–Crippen LogP) is 2.50. The first kappa shape index (κ1) is 12.3. The number of pyridine rings is 1. The summed E-state index contributed by atoms with van der Waals surface area (Å²) in [5.74, 6) is 0. The van der Waals surface area contributed by atoms with Crippen LogP contribution in [0.5, 0.6) is 0 Å². The molecule has 0 aromatic carbocycles. The van der Waals surface area contributed by atoms with Gasteiger partial charge in [0, 0.05) is 12.4 Å². The minimum atomic E-state index is -4.41. The van der Waals surface area contributed by atoms with Crippen molar-refractivity contribution in [1.82, 2.24) is 15.0 Å². The highest BCUT2D eigenvalue weighted by Gasteiger charge is 2.31. The molecule has 18 heavy (non-hydrogen) atoms. The van der Waals surface area contributed by atoms with Crippen molar-refractivity contribution in [2.45, 2.75) is 12.7 Å². The number of rotatable bonds is 3. The number of halogens is 3. The molecule has 0 spiro atoms. The van der Waals surface area contributed by atoms with Crippen molar-refractivity contribution in [2.24, 2.45) is 0 Å². The highest BCUT2D eigenvalue weighted by atomic mass is 19.4. The summed E-state index contributed by atoms with van der Waals surface area (Å²) in [6.07, 6.45) is 1.39. The van der Waals surface area contributed by atoms with E-state index in [1.165, 1.54) is 6.07 Å². The molecule has 7 heteroatoms. The zero-order valence-corrected chi connectivity index (χ0v) is 9.15. The Kier molecular flexibility index (Phi) is 3.40. The summed E-state index contributed by atoms with van der Waals surface area (Å²) in [6, 6.07) is 2.26. The summed E-state index contributed by atoms with van der Waals surface area (Å²) in [4.78, 5) is 11.2. The summed E-state index contributed by atoms with van der Waals surface area (Å²) < 4.78 is 36.8. The highest BCUT2D eigenvalue weighted by molar-refractivity contribution is 5.41. The second-order valence-electron chi connectivity index (χ2n) is 3.48. The third-order valence-corrected chi connectivity index (χ3v) is 2.14. The molecule has 2 aromatic rings. The van der Waals surface area contributed by atoms with Gasteiger partial charge in [-0.15, -0.1) is 0 Å². The van der Waals surface area contributed by atoms with E-state index >= 15 is 0 Å². The number of nitrogens with zero attached hydrogens (tertiary/aromatic N) is 3. The molecule has 0 radical (unpaired) electrons. The van der Waals surface area contributed by atoms with Gasteiger partial charge in [0.25, 0.3) is 0 Å². The van der Waals surface area contributed by atoms with Crippen LogP contribution in [0, 0.1) is 0 Å². The molecular weight excluding hydrogens is 245 g/mol. The quantitative estimate of drug-likeness (QED) is 0.914.